The molecule has 1 aromatic rings. The molecule has 1 fully saturated rings. The molecule has 6 nitrogen and oxygen atoms in total. The van der Waals surface area contributed by atoms with Crippen molar-refractivity contribution in [2.75, 3.05) is 11.9 Å². The van der Waals surface area contributed by atoms with Crippen molar-refractivity contribution < 1.29 is 4.79 Å². The molecule has 110 valence electrons. The lowest BCUT2D eigenvalue weighted by Crippen LogP contribution is -2.43. The maximum Gasteiger partial charge on any atom is 0.287 e. The molecule has 1 N–H and O–H groups in total. The number of halogens is 1. The topological polar surface area (TPSA) is 67.2 Å². The highest BCUT2D eigenvalue weighted by atomic mass is 35.5. The minimum absolute atomic E-state index is 0.0619. The van der Waals surface area contributed by atoms with E-state index >= 15 is 0 Å². The summed E-state index contributed by atoms with van der Waals surface area (Å²) in [6.07, 6.45) is 1.90. The maximum absolute atomic E-state index is 12.0. The first-order valence-electron chi connectivity index (χ1n) is 6.49. The predicted octanol–water partition coefficient (Wildman–Crippen LogP) is 1.24. The Kier molecular flexibility index (Phi) is 3.77. The molecule has 0 aromatic carbocycles. The largest absolute Gasteiger partial charge is 0.377 e. The van der Waals surface area contributed by atoms with Gasteiger partial charge in [0.1, 0.15) is 5.02 Å². The number of carbonyl (C=O) groups excluding carboxylic acids is 1. The quantitative estimate of drug-likeness (QED) is 0.892. The number of rotatable bonds is 2. The van der Waals surface area contributed by atoms with Crippen molar-refractivity contribution in [1.82, 2.24) is 14.7 Å². The number of nitrogens with zero attached hydrogens (tertiary/aromatic N) is 3. The van der Waals surface area contributed by atoms with Gasteiger partial charge in [0.2, 0.25) is 5.91 Å². The van der Waals surface area contributed by atoms with Gasteiger partial charge in [0.05, 0.1) is 17.9 Å². The lowest BCUT2D eigenvalue weighted by Gasteiger charge is -2.32. The Hall–Kier alpha value is -1.56. The summed E-state index contributed by atoms with van der Waals surface area (Å²) in [6, 6.07) is -0.0619. The summed E-state index contributed by atoms with van der Waals surface area (Å²) >= 11 is 6.01. The third-order valence-electron chi connectivity index (χ3n) is 3.37. The first kappa shape index (κ1) is 14.8. The van der Waals surface area contributed by atoms with Crippen LogP contribution in [0.3, 0.4) is 0 Å². The Balaban J connectivity index is 2.15. The second-order valence-electron chi connectivity index (χ2n) is 6.02. The Morgan fingerprint density at radius 1 is 1.40 bits per heavy atom. The van der Waals surface area contributed by atoms with Gasteiger partial charge in [0, 0.05) is 25.6 Å². The van der Waals surface area contributed by atoms with Crippen molar-refractivity contribution in [1.29, 1.82) is 0 Å². The fourth-order valence-electron chi connectivity index (χ4n) is 2.28. The van der Waals surface area contributed by atoms with Crippen LogP contribution in [-0.2, 0) is 11.8 Å². The molecular formula is C13H19ClN4O2. The van der Waals surface area contributed by atoms with E-state index in [4.69, 9.17) is 11.6 Å². The van der Waals surface area contributed by atoms with Crippen molar-refractivity contribution in [3.63, 3.8) is 0 Å². The Morgan fingerprint density at radius 3 is 2.60 bits per heavy atom. The van der Waals surface area contributed by atoms with Gasteiger partial charge < -0.3 is 10.2 Å². The van der Waals surface area contributed by atoms with E-state index in [1.165, 1.54) is 10.9 Å². The van der Waals surface area contributed by atoms with Gasteiger partial charge in [-0.3, -0.25) is 9.59 Å². The summed E-state index contributed by atoms with van der Waals surface area (Å²) in [5.74, 6) is 0.0999. The number of anilines is 1. The van der Waals surface area contributed by atoms with E-state index in [1.807, 2.05) is 25.7 Å². The Labute approximate surface area is 122 Å². The SMILES string of the molecule is Cn1ncc(NC2CC(=O)N(C(C)(C)C)C2)c(Cl)c1=O. The molecule has 1 aliphatic rings. The van der Waals surface area contributed by atoms with Crippen LogP contribution >= 0.6 is 11.6 Å². The summed E-state index contributed by atoms with van der Waals surface area (Å²) in [5.41, 5.74) is -0.0838. The molecule has 1 saturated heterocycles. The van der Waals surface area contributed by atoms with Gasteiger partial charge >= 0.3 is 0 Å². The number of amides is 1. The first-order valence-corrected chi connectivity index (χ1v) is 6.87. The van der Waals surface area contributed by atoms with Gasteiger partial charge in [-0.15, -0.1) is 0 Å². The number of hydrogen-bond acceptors (Lipinski definition) is 4. The molecule has 7 heteroatoms. The average molecular weight is 299 g/mol. The fraction of sp³-hybridized carbons (Fsp3) is 0.615. The number of nitrogens with one attached hydrogen (secondary N) is 1. The van der Waals surface area contributed by atoms with Crippen LogP contribution in [0.2, 0.25) is 5.02 Å². The average Bonchev–Trinajstić information content (AvgIpc) is 2.71. The molecule has 1 aromatic heterocycles. The van der Waals surface area contributed by atoms with Gasteiger partial charge in [-0.2, -0.15) is 5.10 Å². The summed E-state index contributed by atoms with van der Waals surface area (Å²) < 4.78 is 1.18. The Morgan fingerprint density at radius 2 is 2.05 bits per heavy atom. The molecule has 1 amide bonds. The number of aromatic nitrogens is 2. The number of aryl methyl sites for hydroxylation is 1. The number of carbonyl (C=O) groups is 1. The molecule has 1 aliphatic heterocycles. The fourth-order valence-corrected chi connectivity index (χ4v) is 2.51. The minimum atomic E-state index is -0.353. The first-order chi connectivity index (χ1) is 9.20. The third-order valence-corrected chi connectivity index (χ3v) is 3.74. The van der Waals surface area contributed by atoms with E-state index in [0.29, 0.717) is 18.7 Å². The van der Waals surface area contributed by atoms with Gasteiger partial charge in [-0.25, -0.2) is 4.68 Å². The van der Waals surface area contributed by atoms with Crippen molar-refractivity contribution in [3.05, 3.63) is 21.6 Å². The van der Waals surface area contributed by atoms with Gasteiger partial charge in [-0.1, -0.05) is 11.6 Å². The number of hydrogen-bond donors (Lipinski definition) is 1. The molecular weight excluding hydrogens is 280 g/mol. The van der Waals surface area contributed by atoms with Crippen molar-refractivity contribution in [3.8, 4) is 0 Å². The van der Waals surface area contributed by atoms with Crippen molar-refractivity contribution >= 4 is 23.2 Å². The van der Waals surface area contributed by atoms with Crippen LogP contribution in [0.15, 0.2) is 11.0 Å². The van der Waals surface area contributed by atoms with E-state index in [0.717, 1.165) is 0 Å². The standard InChI is InChI=1S/C13H19ClN4O2/c1-13(2,3)18-7-8(5-10(18)19)16-9-6-15-17(4)12(20)11(9)14/h6,8,16H,5,7H2,1-4H3. The van der Waals surface area contributed by atoms with Crippen LogP contribution in [0.4, 0.5) is 5.69 Å². The molecule has 2 rings (SSSR count). The van der Waals surface area contributed by atoms with Gasteiger partial charge in [0.15, 0.2) is 0 Å². The summed E-state index contributed by atoms with van der Waals surface area (Å²) in [6.45, 7) is 6.59. The van der Waals surface area contributed by atoms with Gasteiger partial charge in [-0.05, 0) is 20.8 Å². The minimum Gasteiger partial charge on any atom is -0.377 e. The molecule has 2 heterocycles. The summed E-state index contributed by atoms with van der Waals surface area (Å²) in [4.78, 5) is 25.5. The Bertz CT molecular complexity index is 591. The second kappa shape index (κ2) is 5.09. The lowest BCUT2D eigenvalue weighted by molar-refractivity contribution is -0.131. The highest BCUT2D eigenvalue weighted by Gasteiger charge is 2.36. The zero-order chi connectivity index (χ0) is 15.1. The molecule has 0 spiro atoms. The van der Waals surface area contributed by atoms with E-state index in [1.54, 1.807) is 7.05 Å². The zero-order valence-corrected chi connectivity index (χ0v) is 12.9. The summed E-state index contributed by atoms with van der Waals surface area (Å²) in [5, 5.41) is 7.17. The van der Waals surface area contributed by atoms with Crippen LogP contribution in [0.5, 0.6) is 0 Å². The van der Waals surface area contributed by atoms with Crippen LogP contribution in [0.1, 0.15) is 27.2 Å². The van der Waals surface area contributed by atoms with Crippen LogP contribution < -0.4 is 10.9 Å². The highest BCUT2D eigenvalue weighted by molar-refractivity contribution is 6.32. The highest BCUT2D eigenvalue weighted by Crippen LogP contribution is 2.25. The van der Waals surface area contributed by atoms with Crippen molar-refractivity contribution in [2.24, 2.45) is 7.05 Å². The van der Waals surface area contributed by atoms with Crippen LogP contribution in [-0.4, -0.2) is 38.7 Å². The third kappa shape index (κ3) is 2.80. The zero-order valence-electron chi connectivity index (χ0n) is 12.1. The molecule has 0 radical (unpaired) electrons. The van der Waals surface area contributed by atoms with E-state index in [-0.39, 0.29) is 28.1 Å². The molecule has 20 heavy (non-hydrogen) atoms. The maximum atomic E-state index is 12.0. The normalized spacial score (nSPS) is 19.6. The molecule has 0 aliphatic carbocycles. The van der Waals surface area contributed by atoms with Crippen molar-refractivity contribution in [2.45, 2.75) is 38.8 Å². The predicted molar refractivity (Wildman–Crippen MR) is 78.0 cm³/mol. The monoisotopic (exact) mass is 298 g/mol. The van der Waals surface area contributed by atoms with Gasteiger partial charge in [0.25, 0.3) is 5.56 Å². The smallest absolute Gasteiger partial charge is 0.287 e. The van der Waals surface area contributed by atoms with Crippen LogP contribution in [0.25, 0.3) is 0 Å². The molecule has 1 atom stereocenters. The second-order valence-corrected chi connectivity index (χ2v) is 6.40. The van der Waals surface area contributed by atoms with E-state index in [9.17, 15) is 9.59 Å². The summed E-state index contributed by atoms with van der Waals surface area (Å²) in [7, 11) is 1.54. The van der Waals surface area contributed by atoms with E-state index in [2.05, 4.69) is 10.4 Å². The molecule has 1 unspecified atom stereocenters. The lowest BCUT2D eigenvalue weighted by atomic mass is 10.1. The molecule has 0 bridgehead atoms. The molecule has 0 saturated carbocycles. The number of likely N-dealkylation sites (tertiary alicyclic amines) is 1. The van der Waals surface area contributed by atoms with E-state index < -0.39 is 0 Å². The van der Waals surface area contributed by atoms with Crippen LogP contribution in [0, 0.1) is 0 Å².